The number of carbonyl (C=O) groups excluding carboxylic acids is 1. The van der Waals surface area contributed by atoms with E-state index in [-0.39, 0.29) is 5.91 Å². The van der Waals surface area contributed by atoms with Crippen molar-refractivity contribution in [2.45, 2.75) is 6.92 Å². The Kier molecular flexibility index (Phi) is 4.30. The maximum Gasteiger partial charge on any atom is 0.280 e. The molecule has 0 spiro atoms. The number of rotatable bonds is 3. The van der Waals surface area contributed by atoms with Crippen molar-refractivity contribution in [3.63, 3.8) is 0 Å². The van der Waals surface area contributed by atoms with Crippen LogP contribution in [0, 0.1) is 0 Å². The number of hydrogen-bond acceptors (Lipinski definition) is 3. The van der Waals surface area contributed by atoms with Crippen LogP contribution in [0.5, 0.6) is 5.75 Å². The molecule has 23 heavy (non-hydrogen) atoms. The minimum Gasteiger partial charge on any atom is -0.496 e. The van der Waals surface area contributed by atoms with Crippen LogP contribution in [-0.2, 0) is 4.79 Å². The van der Waals surface area contributed by atoms with Gasteiger partial charge >= 0.3 is 0 Å². The highest BCUT2D eigenvalue weighted by atomic mass is 79.9. The van der Waals surface area contributed by atoms with E-state index >= 15 is 0 Å². The Hall–Kier alpha value is -2.40. The molecular formula is C18H15BrN2O2. The van der Waals surface area contributed by atoms with Crippen molar-refractivity contribution in [1.29, 1.82) is 0 Å². The lowest BCUT2D eigenvalue weighted by molar-refractivity contribution is -0.114. The second-order valence-electron chi connectivity index (χ2n) is 5.08. The summed E-state index contributed by atoms with van der Waals surface area (Å²) in [5.74, 6) is 0.565. The van der Waals surface area contributed by atoms with Crippen LogP contribution < -0.4 is 9.75 Å². The highest BCUT2D eigenvalue weighted by Gasteiger charge is 2.28. The van der Waals surface area contributed by atoms with Gasteiger partial charge in [-0.05, 0) is 43.3 Å². The number of methoxy groups -OCH3 is 1. The van der Waals surface area contributed by atoms with E-state index in [0.717, 1.165) is 15.7 Å². The zero-order valence-electron chi connectivity index (χ0n) is 12.8. The molecule has 1 aliphatic rings. The Morgan fingerprint density at radius 3 is 2.61 bits per heavy atom. The van der Waals surface area contributed by atoms with Crippen LogP contribution in [0.3, 0.4) is 0 Å². The molecule has 3 rings (SSSR count). The number of benzene rings is 2. The third-order valence-electron chi connectivity index (χ3n) is 3.55. The molecule has 0 aliphatic carbocycles. The number of hydrazone groups is 1. The van der Waals surface area contributed by atoms with E-state index in [1.54, 1.807) is 7.11 Å². The predicted molar refractivity (Wildman–Crippen MR) is 95.7 cm³/mol. The fourth-order valence-electron chi connectivity index (χ4n) is 2.40. The molecule has 0 radical (unpaired) electrons. The van der Waals surface area contributed by atoms with Gasteiger partial charge in [0.15, 0.2) is 0 Å². The predicted octanol–water partition coefficient (Wildman–Crippen LogP) is 4.26. The first-order chi connectivity index (χ1) is 11.1. The van der Waals surface area contributed by atoms with Crippen molar-refractivity contribution in [3.05, 3.63) is 64.1 Å². The van der Waals surface area contributed by atoms with Crippen LogP contribution in [0.4, 0.5) is 5.69 Å². The van der Waals surface area contributed by atoms with Crippen LogP contribution in [0.1, 0.15) is 12.5 Å². The van der Waals surface area contributed by atoms with E-state index in [1.807, 2.05) is 61.5 Å². The summed E-state index contributed by atoms with van der Waals surface area (Å²) in [6.45, 7) is 1.83. The molecule has 1 amide bonds. The second kappa shape index (κ2) is 6.38. The minimum absolute atomic E-state index is 0.143. The molecule has 0 unspecified atom stereocenters. The van der Waals surface area contributed by atoms with Gasteiger partial charge in [-0.1, -0.05) is 34.1 Å². The highest BCUT2D eigenvalue weighted by Crippen LogP contribution is 2.29. The van der Waals surface area contributed by atoms with Crippen LogP contribution in [0.15, 0.2) is 63.7 Å². The van der Waals surface area contributed by atoms with Gasteiger partial charge < -0.3 is 4.74 Å². The lowest BCUT2D eigenvalue weighted by Crippen LogP contribution is -2.21. The molecule has 0 aromatic heterocycles. The van der Waals surface area contributed by atoms with Crippen molar-refractivity contribution in [2.75, 3.05) is 12.1 Å². The number of halogens is 1. The molecule has 1 heterocycles. The molecule has 1 aliphatic heterocycles. The summed E-state index contributed by atoms with van der Waals surface area (Å²) in [4.78, 5) is 12.7. The molecule has 116 valence electrons. The third-order valence-corrected chi connectivity index (χ3v) is 4.05. The summed E-state index contributed by atoms with van der Waals surface area (Å²) in [5.41, 5.74) is 2.82. The maximum atomic E-state index is 12.7. The molecular weight excluding hydrogens is 356 g/mol. The van der Waals surface area contributed by atoms with E-state index in [0.29, 0.717) is 17.0 Å². The number of carbonyl (C=O) groups is 1. The quantitative estimate of drug-likeness (QED) is 0.757. The van der Waals surface area contributed by atoms with Gasteiger partial charge in [-0.25, -0.2) is 0 Å². The van der Waals surface area contributed by atoms with Gasteiger partial charge in [0, 0.05) is 10.0 Å². The Morgan fingerprint density at radius 2 is 1.91 bits per heavy atom. The standard InChI is InChI=1S/C18H15BrN2O2/c1-12-16(11-13-10-14(19)8-9-17(13)23-2)18(22)21(20-12)15-6-4-3-5-7-15/h3-11H,1-2H3. The normalized spacial score (nSPS) is 16.0. The van der Waals surface area contributed by atoms with Gasteiger partial charge in [0.25, 0.3) is 5.91 Å². The number of para-hydroxylation sites is 1. The monoisotopic (exact) mass is 370 g/mol. The lowest BCUT2D eigenvalue weighted by atomic mass is 10.1. The first-order valence-electron chi connectivity index (χ1n) is 7.10. The molecule has 0 saturated heterocycles. The Bertz CT molecular complexity index is 813. The average Bonchev–Trinajstić information content (AvgIpc) is 2.84. The third kappa shape index (κ3) is 3.05. The molecule has 0 bridgehead atoms. The van der Waals surface area contributed by atoms with Crippen molar-refractivity contribution in [2.24, 2.45) is 5.10 Å². The smallest absolute Gasteiger partial charge is 0.280 e. The van der Waals surface area contributed by atoms with Gasteiger partial charge in [-0.15, -0.1) is 0 Å². The molecule has 0 N–H and O–H groups in total. The van der Waals surface area contributed by atoms with Gasteiger partial charge in [0.2, 0.25) is 0 Å². The molecule has 2 aromatic rings. The van der Waals surface area contributed by atoms with Crippen LogP contribution >= 0.6 is 15.9 Å². The molecule has 4 nitrogen and oxygen atoms in total. The molecule has 0 fully saturated rings. The zero-order valence-corrected chi connectivity index (χ0v) is 14.4. The fraction of sp³-hybridized carbons (Fsp3) is 0.111. The van der Waals surface area contributed by atoms with E-state index in [4.69, 9.17) is 4.74 Å². The number of hydrogen-bond donors (Lipinski definition) is 0. The van der Waals surface area contributed by atoms with Crippen molar-refractivity contribution >= 4 is 39.3 Å². The molecule has 2 aromatic carbocycles. The summed E-state index contributed by atoms with van der Waals surface area (Å²) in [6.07, 6.45) is 1.81. The fourth-order valence-corrected chi connectivity index (χ4v) is 2.78. The molecule has 5 heteroatoms. The first-order valence-corrected chi connectivity index (χ1v) is 7.90. The number of amides is 1. The summed E-state index contributed by atoms with van der Waals surface area (Å²) in [7, 11) is 1.61. The Balaban J connectivity index is 2.00. The highest BCUT2D eigenvalue weighted by molar-refractivity contribution is 9.10. The Morgan fingerprint density at radius 1 is 1.17 bits per heavy atom. The van der Waals surface area contributed by atoms with Crippen molar-refractivity contribution < 1.29 is 9.53 Å². The number of ether oxygens (including phenoxy) is 1. The number of nitrogens with zero attached hydrogens (tertiary/aromatic N) is 2. The van der Waals surface area contributed by atoms with Crippen molar-refractivity contribution in [3.8, 4) is 5.75 Å². The zero-order chi connectivity index (χ0) is 16.4. The Labute approximate surface area is 143 Å². The van der Waals surface area contributed by atoms with E-state index in [2.05, 4.69) is 21.0 Å². The lowest BCUT2D eigenvalue weighted by Gasteiger charge is -2.11. The van der Waals surface area contributed by atoms with Crippen molar-refractivity contribution in [1.82, 2.24) is 0 Å². The largest absolute Gasteiger partial charge is 0.496 e. The summed E-state index contributed by atoms with van der Waals surface area (Å²) < 4.78 is 6.28. The topological polar surface area (TPSA) is 41.9 Å². The summed E-state index contributed by atoms with van der Waals surface area (Å²) in [5, 5.41) is 5.80. The maximum absolute atomic E-state index is 12.7. The van der Waals surface area contributed by atoms with E-state index in [1.165, 1.54) is 5.01 Å². The number of anilines is 1. The second-order valence-corrected chi connectivity index (χ2v) is 6.00. The van der Waals surface area contributed by atoms with Crippen LogP contribution in [0.2, 0.25) is 0 Å². The van der Waals surface area contributed by atoms with Crippen LogP contribution in [-0.4, -0.2) is 18.7 Å². The first kappa shape index (κ1) is 15.5. The minimum atomic E-state index is -0.143. The SMILES string of the molecule is COc1ccc(Br)cc1C=C1C(=O)N(c2ccccc2)N=C1C. The van der Waals surface area contributed by atoms with E-state index in [9.17, 15) is 4.79 Å². The van der Waals surface area contributed by atoms with E-state index < -0.39 is 0 Å². The van der Waals surface area contributed by atoms with Gasteiger partial charge in [-0.3, -0.25) is 4.79 Å². The average molecular weight is 371 g/mol. The summed E-state index contributed by atoms with van der Waals surface area (Å²) in [6, 6.07) is 15.1. The summed E-state index contributed by atoms with van der Waals surface area (Å²) >= 11 is 3.44. The van der Waals surface area contributed by atoms with Crippen LogP contribution in [0.25, 0.3) is 6.08 Å². The van der Waals surface area contributed by atoms with Gasteiger partial charge in [0.05, 0.1) is 24.1 Å². The van der Waals surface area contributed by atoms with Gasteiger partial charge in [0.1, 0.15) is 5.75 Å². The van der Waals surface area contributed by atoms with Gasteiger partial charge in [-0.2, -0.15) is 10.1 Å². The molecule has 0 saturated carbocycles. The molecule has 0 atom stereocenters.